The van der Waals surface area contributed by atoms with E-state index in [0.717, 1.165) is 5.69 Å². The highest BCUT2D eigenvalue weighted by atomic mass is 14.9. The Kier molecular flexibility index (Phi) is 3.17. The summed E-state index contributed by atoms with van der Waals surface area (Å²) in [6.07, 6.45) is 3.21. The minimum atomic E-state index is -0.0764. The second kappa shape index (κ2) is 4.17. The van der Waals surface area contributed by atoms with Crippen LogP contribution in [0.4, 0.5) is 0 Å². The van der Waals surface area contributed by atoms with E-state index < -0.39 is 0 Å². The first-order valence-corrected chi connectivity index (χ1v) is 4.55. The third kappa shape index (κ3) is 3.12. The molecule has 0 aliphatic carbocycles. The van der Waals surface area contributed by atoms with Crippen molar-refractivity contribution in [1.82, 2.24) is 9.97 Å². The van der Waals surface area contributed by atoms with Crippen molar-refractivity contribution in [1.29, 1.82) is 0 Å². The molecule has 0 atom stereocenters. The zero-order chi connectivity index (χ0) is 10.6. The van der Waals surface area contributed by atoms with Crippen LogP contribution in [-0.2, 0) is 6.54 Å². The van der Waals surface area contributed by atoms with Crippen LogP contribution in [-0.4, -0.2) is 15.8 Å². The summed E-state index contributed by atoms with van der Waals surface area (Å²) in [6.45, 7) is 6.62. The number of aromatic nitrogens is 2. The van der Waals surface area contributed by atoms with E-state index in [-0.39, 0.29) is 5.41 Å². The van der Waals surface area contributed by atoms with Gasteiger partial charge < -0.3 is 5.73 Å². The van der Waals surface area contributed by atoms with Crippen LogP contribution in [0.3, 0.4) is 0 Å². The molecule has 0 aromatic carbocycles. The van der Waals surface area contributed by atoms with Crippen molar-refractivity contribution >= 4 is 5.84 Å². The molecule has 4 heteroatoms. The van der Waals surface area contributed by atoms with Gasteiger partial charge in [-0.2, -0.15) is 0 Å². The first-order chi connectivity index (χ1) is 6.50. The lowest BCUT2D eigenvalue weighted by Gasteiger charge is -2.17. The molecule has 1 aromatic heterocycles. The van der Waals surface area contributed by atoms with E-state index in [0.29, 0.717) is 12.4 Å². The zero-order valence-corrected chi connectivity index (χ0v) is 8.86. The predicted octanol–water partition coefficient (Wildman–Crippen LogP) is 1.38. The zero-order valence-electron chi connectivity index (χ0n) is 8.86. The van der Waals surface area contributed by atoms with Crippen LogP contribution >= 0.6 is 0 Å². The lowest BCUT2D eigenvalue weighted by molar-refractivity contribution is 0.581. The van der Waals surface area contributed by atoms with Crippen LogP contribution in [0.1, 0.15) is 26.5 Å². The fourth-order valence-corrected chi connectivity index (χ4v) is 0.815. The number of hydrogen-bond donors (Lipinski definition) is 1. The van der Waals surface area contributed by atoms with Crippen LogP contribution in [0.25, 0.3) is 0 Å². The topological polar surface area (TPSA) is 64.2 Å². The van der Waals surface area contributed by atoms with Crippen LogP contribution < -0.4 is 5.73 Å². The van der Waals surface area contributed by atoms with Gasteiger partial charge in [0.05, 0.1) is 18.1 Å². The maximum absolute atomic E-state index is 5.81. The lowest BCUT2D eigenvalue weighted by Crippen LogP contribution is -2.29. The van der Waals surface area contributed by atoms with E-state index in [1.54, 1.807) is 6.20 Å². The predicted molar refractivity (Wildman–Crippen MR) is 56.8 cm³/mol. The molecule has 0 spiro atoms. The third-order valence-electron chi connectivity index (χ3n) is 1.82. The second-order valence-corrected chi connectivity index (χ2v) is 4.15. The third-order valence-corrected chi connectivity index (χ3v) is 1.82. The number of aliphatic imine (C=N–C) groups is 1. The van der Waals surface area contributed by atoms with Gasteiger partial charge in [0.2, 0.25) is 0 Å². The van der Waals surface area contributed by atoms with Gasteiger partial charge >= 0.3 is 0 Å². The number of nitrogens with zero attached hydrogens (tertiary/aromatic N) is 3. The normalized spacial score (nSPS) is 12.9. The van der Waals surface area contributed by atoms with E-state index >= 15 is 0 Å². The Labute approximate surface area is 84.3 Å². The van der Waals surface area contributed by atoms with Gasteiger partial charge in [0, 0.05) is 11.6 Å². The molecule has 0 fully saturated rings. The average Bonchev–Trinajstić information content (AvgIpc) is 2.14. The Morgan fingerprint density at radius 1 is 1.50 bits per heavy atom. The van der Waals surface area contributed by atoms with Gasteiger partial charge in [0.25, 0.3) is 0 Å². The van der Waals surface area contributed by atoms with Crippen molar-refractivity contribution in [3.63, 3.8) is 0 Å². The molecule has 2 N–H and O–H groups in total. The highest BCUT2D eigenvalue weighted by molar-refractivity contribution is 5.85. The Hall–Kier alpha value is -1.45. The fourth-order valence-electron chi connectivity index (χ4n) is 0.815. The summed E-state index contributed by atoms with van der Waals surface area (Å²) in [7, 11) is 0. The summed E-state index contributed by atoms with van der Waals surface area (Å²) in [6, 6.07) is 1.83. The lowest BCUT2D eigenvalue weighted by atomic mass is 9.95. The maximum atomic E-state index is 5.81. The van der Waals surface area contributed by atoms with Crippen molar-refractivity contribution in [3.05, 3.63) is 24.3 Å². The van der Waals surface area contributed by atoms with Crippen LogP contribution in [0.15, 0.2) is 23.6 Å². The molecule has 14 heavy (non-hydrogen) atoms. The Balaban J connectivity index is 2.65. The Bertz CT molecular complexity index is 311. The standard InChI is InChI=1S/C10H16N4/c1-10(2,3)9(11)13-6-8-4-5-12-7-14-8/h4-5,7H,6H2,1-3H3,(H2,11,13). The molecule has 0 saturated heterocycles. The van der Waals surface area contributed by atoms with Crippen molar-refractivity contribution in [3.8, 4) is 0 Å². The summed E-state index contributed by atoms with van der Waals surface area (Å²) >= 11 is 0. The molecule has 4 nitrogen and oxygen atoms in total. The Morgan fingerprint density at radius 2 is 2.21 bits per heavy atom. The molecule has 0 radical (unpaired) electrons. The Morgan fingerprint density at radius 3 is 2.71 bits per heavy atom. The van der Waals surface area contributed by atoms with E-state index in [1.807, 2.05) is 26.8 Å². The SMILES string of the molecule is CC(C)(C)C(N)=NCc1ccncn1. The summed E-state index contributed by atoms with van der Waals surface area (Å²) in [5, 5.41) is 0. The van der Waals surface area contributed by atoms with Gasteiger partial charge in [-0.25, -0.2) is 9.97 Å². The molecular weight excluding hydrogens is 176 g/mol. The fraction of sp³-hybridized carbons (Fsp3) is 0.500. The highest BCUT2D eigenvalue weighted by Crippen LogP contribution is 2.13. The monoisotopic (exact) mass is 192 g/mol. The molecule has 76 valence electrons. The summed E-state index contributed by atoms with van der Waals surface area (Å²) in [4.78, 5) is 12.2. The van der Waals surface area contributed by atoms with Crippen molar-refractivity contribution in [2.45, 2.75) is 27.3 Å². The van der Waals surface area contributed by atoms with Crippen LogP contribution in [0.5, 0.6) is 0 Å². The molecule has 0 saturated carbocycles. The molecule has 1 heterocycles. The van der Waals surface area contributed by atoms with E-state index in [1.165, 1.54) is 6.33 Å². The minimum absolute atomic E-state index is 0.0764. The van der Waals surface area contributed by atoms with E-state index in [4.69, 9.17) is 5.73 Å². The quantitative estimate of drug-likeness (QED) is 0.568. The average molecular weight is 192 g/mol. The number of rotatable bonds is 2. The number of nitrogens with two attached hydrogens (primary N) is 1. The summed E-state index contributed by atoms with van der Waals surface area (Å²) < 4.78 is 0. The molecule has 0 amide bonds. The first-order valence-electron chi connectivity index (χ1n) is 4.55. The summed E-state index contributed by atoms with van der Waals surface area (Å²) in [5.41, 5.74) is 6.61. The molecular formula is C10H16N4. The largest absolute Gasteiger partial charge is 0.387 e. The molecule has 0 unspecified atom stereocenters. The van der Waals surface area contributed by atoms with Gasteiger partial charge in [0.15, 0.2) is 0 Å². The van der Waals surface area contributed by atoms with Gasteiger partial charge in [-0.05, 0) is 6.07 Å². The van der Waals surface area contributed by atoms with E-state index in [9.17, 15) is 0 Å². The molecule has 0 aliphatic rings. The van der Waals surface area contributed by atoms with E-state index in [2.05, 4.69) is 15.0 Å². The molecule has 0 bridgehead atoms. The summed E-state index contributed by atoms with van der Waals surface area (Å²) in [5.74, 6) is 0.649. The van der Waals surface area contributed by atoms with Gasteiger partial charge in [0.1, 0.15) is 6.33 Å². The van der Waals surface area contributed by atoms with Crippen molar-refractivity contribution in [2.24, 2.45) is 16.1 Å². The molecule has 1 rings (SSSR count). The second-order valence-electron chi connectivity index (χ2n) is 4.15. The maximum Gasteiger partial charge on any atom is 0.115 e. The van der Waals surface area contributed by atoms with Crippen LogP contribution in [0, 0.1) is 5.41 Å². The first kappa shape index (κ1) is 10.6. The van der Waals surface area contributed by atoms with Gasteiger partial charge in [-0.15, -0.1) is 0 Å². The van der Waals surface area contributed by atoms with Crippen LogP contribution in [0.2, 0.25) is 0 Å². The highest BCUT2D eigenvalue weighted by Gasteiger charge is 2.14. The minimum Gasteiger partial charge on any atom is -0.387 e. The van der Waals surface area contributed by atoms with Gasteiger partial charge in [-0.3, -0.25) is 4.99 Å². The van der Waals surface area contributed by atoms with Crippen molar-refractivity contribution < 1.29 is 0 Å². The number of amidine groups is 1. The number of hydrogen-bond acceptors (Lipinski definition) is 3. The molecule has 1 aromatic rings. The smallest absolute Gasteiger partial charge is 0.115 e. The van der Waals surface area contributed by atoms with Crippen molar-refractivity contribution in [2.75, 3.05) is 0 Å². The molecule has 0 aliphatic heterocycles. The van der Waals surface area contributed by atoms with Gasteiger partial charge in [-0.1, -0.05) is 20.8 Å².